The van der Waals surface area contributed by atoms with Gasteiger partial charge in [0.1, 0.15) is 5.69 Å². The minimum atomic E-state index is -1.08. The number of nitro groups is 1. The van der Waals surface area contributed by atoms with E-state index in [2.05, 4.69) is 19.2 Å². The van der Waals surface area contributed by atoms with Crippen molar-refractivity contribution in [2.75, 3.05) is 36.5 Å². The molecule has 1 fully saturated rings. The van der Waals surface area contributed by atoms with Crippen molar-refractivity contribution in [1.29, 1.82) is 0 Å². The molecule has 2 aromatic rings. The van der Waals surface area contributed by atoms with Gasteiger partial charge in [-0.2, -0.15) is 0 Å². The van der Waals surface area contributed by atoms with Gasteiger partial charge in [0.2, 0.25) is 0 Å². The first kappa shape index (κ1) is 24.2. The van der Waals surface area contributed by atoms with Crippen molar-refractivity contribution >= 4 is 28.9 Å². The molecule has 9 heteroatoms. The normalized spacial score (nSPS) is 15.4. The Morgan fingerprint density at radius 1 is 1.18 bits per heavy atom. The second-order valence-corrected chi connectivity index (χ2v) is 7.99. The molecule has 33 heavy (non-hydrogen) atoms. The molecule has 1 heterocycles. The van der Waals surface area contributed by atoms with Crippen molar-refractivity contribution in [2.45, 2.75) is 39.2 Å². The van der Waals surface area contributed by atoms with Crippen LogP contribution in [0.3, 0.4) is 0 Å². The largest absolute Gasteiger partial charge is 0.449 e. The van der Waals surface area contributed by atoms with E-state index in [-0.39, 0.29) is 17.2 Å². The van der Waals surface area contributed by atoms with Crippen LogP contribution in [-0.2, 0) is 14.3 Å². The Kier molecular flexibility index (Phi) is 8.00. The second-order valence-electron chi connectivity index (χ2n) is 7.99. The van der Waals surface area contributed by atoms with Crippen LogP contribution in [0.15, 0.2) is 42.5 Å². The fraction of sp³-hybridized carbons (Fsp3) is 0.417. The van der Waals surface area contributed by atoms with Gasteiger partial charge in [0.25, 0.3) is 11.6 Å². The number of benzene rings is 2. The molecule has 176 valence electrons. The van der Waals surface area contributed by atoms with Crippen LogP contribution in [0.2, 0.25) is 0 Å². The zero-order chi connectivity index (χ0) is 24.0. The maximum atomic E-state index is 12.7. The molecular formula is C24H29N3O6. The number of morpholine rings is 1. The molecule has 2 aromatic carbocycles. The Morgan fingerprint density at radius 3 is 2.55 bits per heavy atom. The summed E-state index contributed by atoms with van der Waals surface area (Å²) in [7, 11) is 0. The summed E-state index contributed by atoms with van der Waals surface area (Å²) < 4.78 is 10.6. The molecule has 0 unspecified atom stereocenters. The van der Waals surface area contributed by atoms with Gasteiger partial charge in [-0.3, -0.25) is 14.9 Å². The summed E-state index contributed by atoms with van der Waals surface area (Å²) >= 11 is 0. The molecule has 0 spiro atoms. The van der Waals surface area contributed by atoms with Crippen LogP contribution in [0, 0.1) is 10.1 Å². The van der Waals surface area contributed by atoms with Crippen molar-refractivity contribution in [3.8, 4) is 0 Å². The zero-order valence-corrected chi connectivity index (χ0v) is 19.1. The van der Waals surface area contributed by atoms with Crippen LogP contribution in [0.5, 0.6) is 0 Å². The molecule has 1 N–H and O–H groups in total. The highest BCUT2D eigenvalue weighted by molar-refractivity contribution is 5.98. The third-order valence-corrected chi connectivity index (χ3v) is 5.77. The Bertz CT molecular complexity index is 1020. The van der Waals surface area contributed by atoms with Gasteiger partial charge in [-0.05, 0) is 43.0 Å². The Morgan fingerprint density at radius 2 is 1.88 bits per heavy atom. The van der Waals surface area contributed by atoms with Gasteiger partial charge in [-0.15, -0.1) is 0 Å². The van der Waals surface area contributed by atoms with E-state index in [0.29, 0.717) is 37.7 Å². The summed E-state index contributed by atoms with van der Waals surface area (Å²) in [5.41, 5.74) is 1.92. The predicted molar refractivity (Wildman–Crippen MR) is 125 cm³/mol. The van der Waals surface area contributed by atoms with Gasteiger partial charge >= 0.3 is 5.97 Å². The maximum Gasteiger partial charge on any atom is 0.339 e. The molecule has 0 bridgehead atoms. The van der Waals surface area contributed by atoms with E-state index in [0.717, 1.165) is 12.0 Å². The van der Waals surface area contributed by atoms with Crippen molar-refractivity contribution in [3.63, 3.8) is 0 Å². The maximum absolute atomic E-state index is 12.7. The molecule has 3 rings (SSSR count). The third kappa shape index (κ3) is 5.87. The Hall–Kier alpha value is -3.46. The number of hydrogen-bond donors (Lipinski definition) is 1. The minimum Gasteiger partial charge on any atom is -0.449 e. The van der Waals surface area contributed by atoms with Crippen molar-refractivity contribution < 1.29 is 24.0 Å². The average Bonchev–Trinajstić information content (AvgIpc) is 2.83. The van der Waals surface area contributed by atoms with E-state index < -0.39 is 22.9 Å². The van der Waals surface area contributed by atoms with E-state index in [1.165, 1.54) is 25.1 Å². The average molecular weight is 456 g/mol. The van der Waals surface area contributed by atoms with Gasteiger partial charge in [0, 0.05) is 24.8 Å². The molecule has 1 aliphatic rings. The smallest absolute Gasteiger partial charge is 0.339 e. The molecule has 9 nitrogen and oxygen atoms in total. The Labute approximate surface area is 192 Å². The number of anilines is 2. The number of hydrogen-bond acceptors (Lipinski definition) is 7. The molecular weight excluding hydrogens is 426 g/mol. The summed E-state index contributed by atoms with van der Waals surface area (Å²) in [5.74, 6) is -1.02. The van der Waals surface area contributed by atoms with Crippen LogP contribution >= 0.6 is 0 Å². The first-order valence-electron chi connectivity index (χ1n) is 11.0. The molecule has 0 aliphatic carbocycles. The van der Waals surface area contributed by atoms with Crippen LogP contribution in [0.4, 0.5) is 17.1 Å². The zero-order valence-electron chi connectivity index (χ0n) is 19.1. The summed E-state index contributed by atoms with van der Waals surface area (Å²) in [6.07, 6.45) is -0.170. The molecule has 0 radical (unpaired) electrons. The van der Waals surface area contributed by atoms with Crippen LogP contribution in [0.25, 0.3) is 0 Å². The highest BCUT2D eigenvalue weighted by Gasteiger charge is 2.26. The quantitative estimate of drug-likeness (QED) is 0.362. The monoisotopic (exact) mass is 455 g/mol. The SMILES string of the molecule is CC[C@H](C)c1ccccc1NC(=O)[C@H](C)OC(=O)c1ccc(N2CCOCC2)c([N+](=O)[O-])c1. The van der Waals surface area contributed by atoms with Gasteiger partial charge in [-0.1, -0.05) is 32.0 Å². The number of rotatable bonds is 8. The van der Waals surface area contributed by atoms with E-state index in [4.69, 9.17) is 9.47 Å². The summed E-state index contributed by atoms with van der Waals surface area (Å²) in [6.45, 7) is 7.62. The first-order valence-corrected chi connectivity index (χ1v) is 11.0. The summed E-state index contributed by atoms with van der Waals surface area (Å²) in [5, 5.41) is 14.4. The topological polar surface area (TPSA) is 111 Å². The van der Waals surface area contributed by atoms with Gasteiger partial charge in [-0.25, -0.2) is 4.79 Å². The lowest BCUT2D eigenvalue weighted by molar-refractivity contribution is -0.384. The lowest BCUT2D eigenvalue weighted by atomic mass is 9.97. The minimum absolute atomic E-state index is 0.0124. The highest BCUT2D eigenvalue weighted by atomic mass is 16.6. The number of nitro benzene ring substituents is 1. The number of carbonyl (C=O) groups excluding carboxylic acids is 2. The van der Waals surface area contributed by atoms with Crippen LogP contribution in [0.1, 0.15) is 49.0 Å². The number of carbonyl (C=O) groups is 2. The summed E-state index contributed by atoms with van der Waals surface area (Å²) in [4.78, 5) is 38.2. The van der Waals surface area contributed by atoms with Crippen molar-refractivity contribution in [2.24, 2.45) is 0 Å². The molecule has 1 saturated heterocycles. The Balaban J connectivity index is 1.71. The van der Waals surface area contributed by atoms with Gasteiger partial charge < -0.3 is 19.7 Å². The van der Waals surface area contributed by atoms with E-state index in [1.807, 2.05) is 29.2 Å². The number of nitrogens with one attached hydrogen (secondary N) is 1. The molecule has 0 aromatic heterocycles. The van der Waals surface area contributed by atoms with Crippen LogP contribution < -0.4 is 10.2 Å². The molecule has 1 aliphatic heterocycles. The molecule has 2 atom stereocenters. The van der Waals surface area contributed by atoms with E-state index in [9.17, 15) is 19.7 Å². The fourth-order valence-electron chi connectivity index (χ4n) is 3.65. The van der Waals surface area contributed by atoms with E-state index >= 15 is 0 Å². The standard InChI is InChI=1S/C24H29N3O6/c1-4-16(2)19-7-5-6-8-20(19)25-23(28)17(3)33-24(29)18-9-10-21(22(15-18)27(30)31)26-11-13-32-14-12-26/h5-10,15-17H,4,11-14H2,1-3H3,(H,25,28)/t16-,17-/m0/s1. The fourth-order valence-corrected chi connectivity index (χ4v) is 3.65. The van der Waals surface area contributed by atoms with Crippen LogP contribution in [-0.4, -0.2) is 49.2 Å². The number of amides is 1. The predicted octanol–water partition coefficient (Wildman–Crippen LogP) is 4.13. The molecule has 1 amide bonds. The highest BCUT2D eigenvalue weighted by Crippen LogP contribution is 2.30. The summed E-state index contributed by atoms with van der Waals surface area (Å²) in [6, 6.07) is 11.7. The number of para-hydroxylation sites is 1. The van der Waals surface area contributed by atoms with Crippen molar-refractivity contribution in [1.82, 2.24) is 0 Å². The van der Waals surface area contributed by atoms with Gasteiger partial charge in [0.15, 0.2) is 6.10 Å². The lowest BCUT2D eigenvalue weighted by Gasteiger charge is -2.28. The number of esters is 1. The van der Waals surface area contributed by atoms with Gasteiger partial charge in [0.05, 0.1) is 23.7 Å². The third-order valence-electron chi connectivity index (χ3n) is 5.77. The van der Waals surface area contributed by atoms with E-state index in [1.54, 1.807) is 0 Å². The lowest BCUT2D eigenvalue weighted by Crippen LogP contribution is -2.36. The molecule has 0 saturated carbocycles. The second kappa shape index (κ2) is 10.9. The number of ether oxygens (including phenoxy) is 2. The van der Waals surface area contributed by atoms with Crippen molar-refractivity contribution in [3.05, 3.63) is 63.7 Å². The first-order chi connectivity index (χ1) is 15.8. The number of nitrogens with zero attached hydrogens (tertiary/aromatic N) is 2.